The number of aromatic nitrogens is 6. The first kappa shape index (κ1) is 23.8. The Labute approximate surface area is 192 Å². The number of aromatic amines is 1. The van der Waals surface area contributed by atoms with Gasteiger partial charge in [0.05, 0.1) is 6.20 Å². The summed E-state index contributed by atoms with van der Waals surface area (Å²) in [6.45, 7) is 0. The van der Waals surface area contributed by atoms with Crippen LogP contribution in [-0.2, 0) is 17.9 Å². The van der Waals surface area contributed by atoms with Gasteiger partial charge in [-0.25, -0.2) is 27.6 Å². The van der Waals surface area contributed by atoms with Crippen LogP contribution in [0.15, 0.2) is 48.8 Å². The molecule has 35 heavy (non-hydrogen) atoms. The van der Waals surface area contributed by atoms with Crippen molar-refractivity contribution in [3.05, 3.63) is 100 Å². The molecule has 1 unspecified atom stereocenters. The van der Waals surface area contributed by atoms with E-state index in [9.17, 15) is 22.7 Å². The highest BCUT2D eigenvalue weighted by molar-refractivity contribution is 5.40. The lowest BCUT2D eigenvalue weighted by Gasteiger charge is -2.35. The molecule has 0 saturated heterocycles. The zero-order chi connectivity index (χ0) is 25.2. The van der Waals surface area contributed by atoms with Crippen molar-refractivity contribution in [1.29, 1.82) is 0 Å². The van der Waals surface area contributed by atoms with Crippen LogP contribution in [0, 0.1) is 35.1 Å². The third-order valence-corrected chi connectivity index (χ3v) is 4.93. The Hall–Kier alpha value is -4.31. The van der Waals surface area contributed by atoms with Crippen LogP contribution in [0.3, 0.4) is 0 Å². The number of rotatable bonds is 5. The molecule has 4 rings (SSSR count). The van der Waals surface area contributed by atoms with Crippen molar-refractivity contribution in [2.45, 2.75) is 17.9 Å². The zero-order valence-electron chi connectivity index (χ0n) is 17.3. The third-order valence-electron chi connectivity index (χ3n) is 4.93. The second-order valence-electron chi connectivity index (χ2n) is 7.25. The first-order chi connectivity index (χ1) is 16.6. The molecular formula is C22H12F6N6O. The van der Waals surface area contributed by atoms with E-state index < -0.39 is 52.5 Å². The van der Waals surface area contributed by atoms with Crippen molar-refractivity contribution in [3.63, 3.8) is 0 Å². The number of nitrogens with zero attached hydrogens (tertiary/aromatic N) is 5. The van der Waals surface area contributed by atoms with Crippen LogP contribution >= 0.6 is 0 Å². The van der Waals surface area contributed by atoms with Gasteiger partial charge in [0.2, 0.25) is 0 Å². The number of tetrazole rings is 1. The second kappa shape index (κ2) is 9.15. The van der Waals surface area contributed by atoms with Crippen molar-refractivity contribution in [2.75, 3.05) is 0 Å². The number of benzene rings is 1. The molecule has 0 spiro atoms. The van der Waals surface area contributed by atoms with Gasteiger partial charge in [-0.1, -0.05) is 12.0 Å². The minimum absolute atomic E-state index is 0.0611. The summed E-state index contributed by atoms with van der Waals surface area (Å²) >= 11 is 0. The van der Waals surface area contributed by atoms with Gasteiger partial charge in [0, 0.05) is 35.9 Å². The molecule has 0 bridgehead atoms. The predicted molar refractivity (Wildman–Crippen MR) is 106 cm³/mol. The highest BCUT2D eigenvalue weighted by atomic mass is 19.3. The fraction of sp³-hybridized carbons (Fsp3) is 0.136. The molecule has 4 aromatic rings. The maximum atomic E-state index is 15.6. The fourth-order valence-electron chi connectivity index (χ4n) is 3.20. The van der Waals surface area contributed by atoms with Crippen LogP contribution in [0.4, 0.5) is 26.3 Å². The topological polar surface area (TPSA) is 100 Å². The molecule has 0 amide bonds. The number of alkyl halides is 2. The molecule has 178 valence electrons. The van der Waals surface area contributed by atoms with Crippen LogP contribution < -0.4 is 0 Å². The molecule has 0 aliphatic rings. The van der Waals surface area contributed by atoms with E-state index in [0.717, 1.165) is 24.5 Å². The van der Waals surface area contributed by atoms with E-state index in [0.29, 0.717) is 24.3 Å². The lowest BCUT2D eigenvalue weighted by Crippen LogP contribution is -2.46. The van der Waals surface area contributed by atoms with Crippen LogP contribution in [0.1, 0.15) is 28.3 Å². The molecular weight excluding hydrogens is 478 g/mol. The van der Waals surface area contributed by atoms with Gasteiger partial charge in [-0.3, -0.25) is 4.98 Å². The average Bonchev–Trinajstić information content (AvgIpc) is 3.31. The van der Waals surface area contributed by atoms with Gasteiger partial charge >= 0.3 is 5.92 Å². The van der Waals surface area contributed by atoms with Gasteiger partial charge in [0.1, 0.15) is 28.8 Å². The van der Waals surface area contributed by atoms with E-state index in [1.807, 2.05) is 0 Å². The Kier molecular flexibility index (Phi) is 6.23. The molecule has 0 fully saturated rings. The molecule has 0 aliphatic carbocycles. The molecule has 3 heterocycles. The average molecular weight is 490 g/mol. The quantitative estimate of drug-likeness (QED) is 0.329. The Morgan fingerprint density at radius 1 is 0.886 bits per heavy atom. The second-order valence-corrected chi connectivity index (χ2v) is 7.25. The van der Waals surface area contributed by atoms with E-state index in [1.54, 1.807) is 0 Å². The Balaban J connectivity index is 1.71. The Morgan fingerprint density at radius 3 is 2.29 bits per heavy atom. The van der Waals surface area contributed by atoms with Crippen molar-refractivity contribution in [2.24, 2.45) is 0 Å². The van der Waals surface area contributed by atoms with E-state index in [4.69, 9.17) is 0 Å². The van der Waals surface area contributed by atoms with Crippen molar-refractivity contribution in [3.8, 4) is 11.8 Å². The highest BCUT2D eigenvalue weighted by Crippen LogP contribution is 2.47. The first-order valence-electron chi connectivity index (χ1n) is 9.68. The SMILES string of the molecule is OC(Cc1nnn[nH]1)(c1ccc(F)cc1F)C(F)(F)c1ccc(C#Cc2ncc(F)cc2F)cn1. The molecule has 13 heteroatoms. The number of hydrogen-bond acceptors (Lipinski definition) is 6. The summed E-state index contributed by atoms with van der Waals surface area (Å²) in [6, 6.07) is 4.26. The van der Waals surface area contributed by atoms with Gasteiger partial charge in [-0.2, -0.15) is 8.78 Å². The lowest BCUT2D eigenvalue weighted by molar-refractivity contribution is -0.199. The zero-order valence-corrected chi connectivity index (χ0v) is 17.3. The molecule has 7 nitrogen and oxygen atoms in total. The minimum Gasteiger partial charge on any atom is -0.378 e. The molecule has 0 aliphatic heterocycles. The number of aliphatic hydroxyl groups is 1. The molecule has 1 atom stereocenters. The van der Waals surface area contributed by atoms with Gasteiger partial charge in [-0.15, -0.1) is 5.10 Å². The number of H-pyrrole nitrogens is 1. The number of nitrogens with one attached hydrogen (secondary N) is 1. The van der Waals surface area contributed by atoms with Crippen LogP contribution in [0.2, 0.25) is 0 Å². The lowest BCUT2D eigenvalue weighted by atomic mass is 9.81. The van der Waals surface area contributed by atoms with Crippen molar-refractivity contribution in [1.82, 2.24) is 30.6 Å². The standard InChI is InChI=1S/C22H12F6N6O/c23-13-3-4-15(16(25)7-13)21(35,9-20-31-33-34-32-20)22(27,28)19-6-2-12(10-30-19)1-5-18-17(26)8-14(24)11-29-18/h2-4,6-8,10-11,35H,9H2,(H,31,32,33,34). The maximum absolute atomic E-state index is 15.6. The van der Waals surface area contributed by atoms with Crippen LogP contribution in [0.5, 0.6) is 0 Å². The van der Waals surface area contributed by atoms with E-state index in [2.05, 4.69) is 42.4 Å². The predicted octanol–water partition coefficient (Wildman–Crippen LogP) is 3.17. The normalized spacial score (nSPS) is 13.1. The van der Waals surface area contributed by atoms with E-state index in [-0.39, 0.29) is 17.1 Å². The van der Waals surface area contributed by atoms with Gasteiger partial charge in [-0.05, 0) is 34.5 Å². The minimum atomic E-state index is -4.24. The largest absolute Gasteiger partial charge is 0.378 e. The van der Waals surface area contributed by atoms with Crippen LogP contribution in [0.25, 0.3) is 0 Å². The monoisotopic (exact) mass is 490 g/mol. The fourth-order valence-corrected chi connectivity index (χ4v) is 3.20. The van der Waals surface area contributed by atoms with E-state index >= 15 is 8.78 Å². The summed E-state index contributed by atoms with van der Waals surface area (Å²) in [4.78, 5) is 7.11. The van der Waals surface area contributed by atoms with Gasteiger partial charge < -0.3 is 5.11 Å². The molecule has 2 N–H and O–H groups in total. The van der Waals surface area contributed by atoms with E-state index in [1.165, 1.54) is 0 Å². The smallest absolute Gasteiger partial charge is 0.322 e. The van der Waals surface area contributed by atoms with Crippen molar-refractivity contribution < 1.29 is 31.4 Å². The van der Waals surface area contributed by atoms with Gasteiger partial charge in [0.15, 0.2) is 17.2 Å². The number of halogens is 6. The highest BCUT2D eigenvalue weighted by Gasteiger charge is 2.57. The summed E-state index contributed by atoms with van der Waals surface area (Å²) in [5.74, 6) is -4.14. The van der Waals surface area contributed by atoms with Crippen molar-refractivity contribution >= 4 is 0 Å². The summed E-state index contributed by atoms with van der Waals surface area (Å²) in [6.07, 6.45) is 0.692. The number of pyridine rings is 2. The summed E-state index contributed by atoms with van der Waals surface area (Å²) in [5, 5.41) is 23.3. The first-order valence-corrected chi connectivity index (χ1v) is 9.68. The Morgan fingerprint density at radius 2 is 1.66 bits per heavy atom. The summed E-state index contributed by atoms with van der Waals surface area (Å²) < 4.78 is 85.8. The molecule has 1 aromatic carbocycles. The molecule has 0 radical (unpaired) electrons. The van der Waals surface area contributed by atoms with Crippen LogP contribution in [-0.4, -0.2) is 35.7 Å². The number of hydrogen-bond donors (Lipinski definition) is 2. The molecule has 3 aromatic heterocycles. The maximum Gasteiger partial charge on any atom is 0.322 e. The van der Waals surface area contributed by atoms with Gasteiger partial charge in [0.25, 0.3) is 0 Å². The molecule has 0 saturated carbocycles. The third kappa shape index (κ3) is 4.69. The Bertz CT molecular complexity index is 1420. The summed E-state index contributed by atoms with van der Waals surface area (Å²) in [7, 11) is 0. The summed E-state index contributed by atoms with van der Waals surface area (Å²) in [5.41, 5.74) is -5.49.